The molecule has 4 N–H and O–H groups in total. The van der Waals surface area contributed by atoms with Gasteiger partial charge in [0.25, 0.3) is 5.91 Å². The van der Waals surface area contributed by atoms with Crippen LogP contribution in [-0.4, -0.2) is 30.8 Å². The van der Waals surface area contributed by atoms with Crippen molar-refractivity contribution >= 4 is 34.8 Å². The Labute approximate surface area is 180 Å². The second-order valence-corrected chi connectivity index (χ2v) is 7.87. The van der Waals surface area contributed by atoms with Crippen LogP contribution < -0.4 is 21.3 Å². The van der Waals surface area contributed by atoms with Crippen LogP contribution in [0.2, 0.25) is 0 Å². The van der Waals surface area contributed by atoms with Gasteiger partial charge in [0.15, 0.2) is 0 Å². The van der Waals surface area contributed by atoms with Crippen molar-refractivity contribution in [3.63, 3.8) is 0 Å². The van der Waals surface area contributed by atoms with Crippen molar-refractivity contribution in [2.24, 2.45) is 11.7 Å². The Morgan fingerprint density at radius 2 is 1.52 bits per heavy atom. The Morgan fingerprint density at radius 1 is 0.968 bits per heavy atom. The predicted molar refractivity (Wildman–Crippen MR) is 118 cm³/mol. The maximum absolute atomic E-state index is 13.5. The molecule has 2 aromatic carbocycles. The van der Waals surface area contributed by atoms with E-state index in [0.29, 0.717) is 5.69 Å². The molecule has 0 aliphatic carbocycles. The molecule has 0 aromatic heterocycles. The predicted octanol–water partition coefficient (Wildman–Crippen LogP) is 3.52. The number of hydrogen-bond acceptors (Lipinski definition) is 4. The third kappa shape index (κ3) is 6.28. The fraction of sp³-hybridized carbons (Fsp3) is 0.348. The lowest BCUT2D eigenvalue weighted by atomic mass is 9.99. The number of primary amides is 1. The zero-order valence-corrected chi connectivity index (χ0v) is 17.5. The lowest BCUT2D eigenvalue weighted by Gasteiger charge is -2.32. The van der Waals surface area contributed by atoms with E-state index in [2.05, 4.69) is 22.5 Å². The van der Waals surface area contributed by atoms with E-state index in [1.54, 1.807) is 0 Å². The van der Waals surface area contributed by atoms with Crippen LogP contribution in [-0.2, 0) is 9.59 Å². The topological polar surface area (TPSA) is 105 Å². The molecule has 3 rings (SSSR count). The quantitative estimate of drug-likeness (QED) is 0.630. The molecule has 1 aliphatic rings. The standard InChI is InChI=1S/C23H27FN4O3/c1-15-10-12-28(13-11-15)18-5-2-16(3-6-18)26-21(29)8-9-22(30)27-17-4-7-20(24)19(14-17)23(25)31/h2-7,14-15H,8-13H2,1H3,(H2,25,31)(H,26,29)(H,27,30). The molecule has 1 heterocycles. The fourth-order valence-corrected chi connectivity index (χ4v) is 3.49. The summed E-state index contributed by atoms with van der Waals surface area (Å²) in [4.78, 5) is 37.8. The summed E-state index contributed by atoms with van der Waals surface area (Å²) in [5, 5.41) is 5.31. The Kier molecular flexibility index (Phi) is 7.23. The van der Waals surface area contributed by atoms with Crippen molar-refractivity contribution in [1.29, 1.82) is 0 Å². The van der Waals surface area contributed by atoms with Crippen LogP contribution in [0.3, 0.4) is 0 Å². The summed E-state index contributed by atoms with van der Waals surface area (Å²) >= 11 is 0. The van der Waals surface area contributed by atoms with Crippen LogP contribution in [0.4, 0.5) is 21.5 Å². The third-order valence-electron chi connectivity index (χ3n) is 5.39. The maximum Gasteiger partial charge on any atom is 0.251 e. The van der Waals surface area contributed by atoms with Crippen LogP contribution in [0.5, 0.6) is 0 Å². The number of nitrogens with one attached hydrogen (secondary N) is 2. The lowest BCUT2D eigenvalue weighted by molar-refractivity contribution is -0.121. The lowest BCUT2D eigenvalue weighted by Crippen LogP contribution is -2.32. The van der Waals surface area contributed by atoms with Gasteiger partial charge in [0.1, 0.15) is 5.82 Å². The average molecular weight is 426 g/mol. The smallest absolute Gasteiger partial charge is 0.251 e. The molecule has 0 atom stereocenters. The third-order valence-corrected chi connectivity index (χ3v) is 5.39. The summed E-state index contributed by atoms with van der Waals surface area (Å²) in [5.74, 6) is -1.63. The number of benzene rings is 2. The van der Waals surface area contributed by atoms with Gasteiger partial charge < -0.3 is 21.3 Å². The number of rotatable bonds is 7. The molecule has 3 amide bonds. The van der Waals surface area contributed by atoms with Crippen molar-refractivity contribution in [3.8, 4) is 0 Å². The van der Waals surface area contributed by atoms with Gasteiger partial charge >= 0.3 is 0 Å². The highest BCUT2D eigenvalue weighted by Gasteiger charge is 2.16. The number of nitrogens with two attached hydrogens (primary N) is 1. The van der Waals surface area contributed by atoms with Crippen molar-refractivity contribution in [1.82, 2.24) is 0 Å². The highest BCUT2D eigenvalue weighted by molar-refractivity contribution is 5.98. The number of halogens is 1. The number of anilines is 3. The second kappa shape index (κ2) is 10.1. The molecular weight excluding hydrogens is 399 g/mol. The second-order valence-electron chi connectivity index (χ2n) is 7.87. The molecule has 1 fully saturated rings. The van der Waals surface area contributed by atoms with Gasteiger partial charge in [-0.15, -0.1) is 0 Å². The molecular formula is C23H27FN4O3. The van der Waals surface area contributed by atoms with Gasteiger partial charge in [-0.2, -0.15) is 0 Å². The van der Waals surface area contributed by atoms with Crippen molar-refractivity contribution in [3.05, 3.63) is 53.8 Å². The number of piperidine rings is 1. The molecule has 1 aliphatic heterocycles. The molecule has 31 heavy (non-hydrogen) atoms. The van der Waals surface area contributed by atoms with Crippen molar-refractivity contribution < 1.29 is 18.8 Å². The fourth-order valence-electron chi connectivity index (χ4n) is 3.49. The van der Waals surface area contributed by atoms with Crippen molar-refractivity contribution in [2.75, 3.05) is 28.6 Å². The normalized spacial score (nSPS) is 14.2. The first-order valence-electron chi connectivity index (χ1n) is 10.4. The minimum atomic E-state index is -0.922. The van der Waals surface area contributed by atoms with Gasteiger partial charge in [-0.3, -0.25) is 14.4 Å². The van der Waals surface area contributed by atoms with E-state index in [0.717, 1.165) is 30.8 Å². The van der Waals surface area contributed by atoms with Crippen LogP contribution in [0.15, 0.2) is 42.5 Å². The van der Waals surface area contributed by atoms with E-state index >= 15 is 0 Å². The highest BCUT2D eigenvalue weighted by Crippen LogP contribution is 2.24. The minimum absolute atomic E-state index is 0.0124. The molecule has 8 heteroatoms. The maximum atomic E-state index is 13.5. The molecule has 0 radical (unpaired) electrons. The Morgan fingerprint density at radius 3 is 2.10 bits per heavy atom. The molecule has 1 saturated heterocycles. The average Bonchev–Trinajstić information content (AvgIpc) is 2.75. The zero-order valence-electron chi connectivity index (χ0n) is 17.5. The van der Waals surface area contributed by atoms with E-state index in [1.807, 2.05) is 24.3 Å². The summed E-state index contributed by atoms with van der Waals surface area (Å²) in [6, 6.07) is 11.2. The summed E-state index contributed by atoms with van der Waals surface area (Å²) in [5.41, 5.74) is 6.84. The molecule has 7 nitrogen and oxygen atoms in total. The molecule has 0 bridgehead atoms. The highest BCUT2D eigenvalue weighted by atomic mass is 19.1. The van der Waals surface area contributed by atoms with Gasteiger partial charge in [-0.25, -0.2) is 4.39 Å². The summed E-state index contributed by atoms with van der Waals surface area (Å²) < 4.78 is 13.5. The van der Waals surface area contributed by atoms with Crippen LogP contribution in [0.25, 0.3) is 0 Å². The first-order chi connectivity index (χ1) is 14.8. The number of carbonyl (C=O) groups is 3. The van der Waals surface area contributed by atoms with Gasteiger partial charge in [0.2, 0.25) is 11.8 Å². The largest absolute Gasteiger partial charge is 0.372 e. The van der Waals surface area contributed by atoms with Crippen LogP contribution in [0, 0.1) is 11.7 Å². The van der Waals surface area contributed by atoms with Gasteiger partial charge in [0.05, 0.1) is 5.56 Å². The molecule has 0 saturated carbocycles. The number of nitrogens with zero attached hydrogens (tertiary/aromatic N) is 1. The summed E-state index contributed by atoms with van der Waals surface area (Å²) in [6.45, 7) is 4.35. The van der Waals surface area contributed by atoms with Gasteiger partial charge in [0, 0.05) is 43.0 Å². The number of amides is 3. The summed E-state index contributed by atoms with van der Waals surface area (Å²) in [6.07, 6.45) is 2.30. The summed E-state index contributed by atoms with van der Waals surface area (Å²) in [7, 11) is 0. The first kappa shape index (κ1) is 22.3. The SMILES string of the molecule is CC1CCN(c2ccc(NC(=O)CCC(=O)Nc3ccc(F)c(C(N)=O)c3)cc2)CC1. The molecule has 0 spiro atoms. The Balaban J connectivity index is 1.46. The number of hydrogen-bond donors (Lipinski definition) is 3. The van der Waals surface area contributed by atoms with E-state index in [1.165, 1.54) is 25.0 Å². The van der Waals surface area contributed by atoms with Crippen molar-refractivity contribution in [2.45, 2.75) is 32.6 Å². The Bertz CT molecular complexity index is 954. The molecule has 0 unspecified atom stereocenters. The van der Waals surface area contributed by atoms with E-state index in [4.69, 9.17) is 5.73 Å². The van der Waals surface area contributed by atoms with Gasteiger partial charge in [-0.05, 0) is 61.2 Å². The number of carbonyl (C=O) groups excluding carboxylic acids is 3. The van der Waals surface area contributed by atoms with Crippen LogP contribution in [0.1, 0.15) is 43.0 Å². The minimum Gasteiger partial charge on any atom is -0.372 e. The first-order valence-corrected chi connectivity index (χ1v) is 10.4. The monoisotopic (exact) mass is 426 g/mol. The van der Waals surface area contributed by atoms with Gasteiger partial charge in [-0.1, -0.05) is 6.92 Å². The molecule has 2 aromatic rings. The van der Waals surface area contributed by atoms with Crippen LogP contribution >= 0.6 is 0 Å². The van der Waals surface area contributed by atoms with E-state index in [9.17, 15) is 18.8 Å². The molecule has 164 valence electrons. The zero-order chi connectivity index (χ0) is 22.4. The van der Waals surface area contributed by atoms with E-state index in [-0.39, 0.29) is 30.0 Å². The van der Waals surface area contributed by atoms with E-state index < -0.39 is 17.6 Å². The Hall–Kier alpha value is -3.42.